The van der Waals surface area contributed by atoms with Crippen molar-refractivity contribution in [3.63, 3.8) is 0 Å². The fourth-order valence-corrected chi connectivity index (χ4v) is 3.14. The van der Waals surface area contributed by atoms with E-state index in [2.05, 4.69) is 47.0 Å². The smallest absolute Gasteiger partial charge is 0.191 e. The Balaban J connectivity index is 0.00000220. The van der Waals surface area contributed by atoms with Crippen LogP contribution in [0.4, 0.5) is 0 Å². The minimum atomic E-state index is 0. The number of nitrogens with zero attached hydrogens (tertiary/aromatic N) is 1. The van der Waals surface area contributed by atoms with E-state index in [9.17, 15) is 0 Å². The number of ether oxygens (including phenoxy) is 1. The average molecular weight is 423 g/mol. The first kappa shape index (κ1) is 18.7. The molecule has 0 radical (unpaired) electrons. The molecule has 4 nitrogen and oxygen atoms in total. The van der Waals surface area contributed by atoms with Gasteiger partial charge in [0.15, 0.2) is 5.96 Å². The molecular weight excluding hydrogens is 397 g/mol. The van der Waals surface area contributed by atoms with Crippen LogP contribution in [0.3, 0.4) is 0 Å². The summed E-state index contributed by atoms with van der Waals surface area (Å²) >= 11 is 1.80. The molecule has 0 saturated carbocycles. The lowest BCUT2D eigenvalue weighted by atomic mass is 9.91. The number of nitrogens with one attached hydrogen (secondary N) is 2. The van der Waals surface area contributed by atoms with Crippen LogP contribution in [0.1, 0.15) is 31.6 Å². The quantitative estimate of drug-likeness (QED) is 0.435. The molecule has 2 N–H and O–H groups in total. The summed E-state index contributed by atoms with van der Waals surface area (Å²) in [4.78, 5) is 5.66. The van der Waals surface area contributed by atoms with Crippen LogP contribution in [0, 0.1) is 0 Å². The number of guanidine groups is 1. The highest BCUT2D eigenvalue weighted by Gasteiger charge is 2.22. The SMILES string of the molecule is CN=C(NCC1CCCO1)NCC(C)(C)c1cccs1.I. The largest absolute Gasteiger partial charge is 0.376 e. The predicted octanol–water partition coefficient (Wildman–Crippen LogP) is 2.99. The first-order chi connectivity index (χ1) is 9.62. The topological polar surface area (TPSA) is 45.7 Å². The van der Waals surface area contributed by atoms with Crippen molar-refractivity contribution in [2.45, 2.75) is 38.2 Å². The van der Waals surface area contributed by atoms with Gasteiger partial charge in [-0.25, -0.2) is 0 Å². The van der Waals surface area contributed by atoms with Crippen molar-refractivity contribution in [2.75, 3.05) is 26.7 Å². The molecule has 1 aromatic heterocycles. The van der Waals surface area contributed by atoms with Gasteiger partial charge in [-0.15, -0.1) is 35.3 Å². The zero-order valence-electron chi connectivity index (χ0n) is 13.0. The Hall–Kier alpha value is -0.340. The van der Waals surface area contributed by atoms with Crippen LogP contribution in [0.5, 0.6) is 0 Å². The van der Waals surface area contributed by atoms with Gasteiger partial charge in [0.1, 0.15) is 0 Å². The van der Waals surface area contributed by atoms with E-state index < -0.39 is 0 Å². The molecule has 0 aromatic carbocycles. The molecule has 1 fully saturated rings. The molecule has 2 rings (SSSR count). The molecule has 21 heavy (non-hydrogen) atoms. The number of hydrogen-bond acceptors (Lipinski definition) is 3. The molecule has 2 heterocycles. The first-order valence-corrected chi connectivity index (χ1v) is 8.10. The summed E-state index contributed by atoms with van der Waals surface area (Å²) in [7, 11) is 1.81. The van der Waals surface area contributed by atoms with E-state index in [1.165, 1.54) is 11.3 Å². The molecule has 1 aliphatic rings. The van der Waals surface area contributed by atoms with Crippen LogP contribution in [-0.4, -0.2) is 38.8 Å². The summed E-state index contributed by atoms with van der Waals surface area (Å²) in [5, 5.41) is 8.89. The van der Waals surface area contributed by atoms with Crippen molar-refractivity contribution < 1.29 is 4.74 Å². The molecule has 0 amide bonds. The molecule has 0 aliphatic carbocycles. The van der Waals surface area contributed by atoms with Gasteiger partial charge in [-0.3, -0.25) is 4.99 Å². The van der Waals surface area contributed by atoms with Crippen LogP contribution in [0.25, 0.3) is 0 Å². The van der Waals surface area contributed by atoms with Gasteiger partial charge in [-0.1, -0.05) is 19.9 Å². The summed E-state index contributed by atoms with van der Waals surface area (Å²) < 4.78 is 5.61. The highest BCUT2D eigenvalue weighted by Crippen LogP contribution is 2.26. The van der Waals surface area contributed by atoms with Gasteiger partial charge < -0.3 is 15.4 Å². The summed E-state index contributed by atoms with van der Waals surface area (Å²) in [6, 6.07) is 4.29. The van der Waals surface area contributed by atoms with E-state index in [1.807, 2.05) is 7.05 Å². The van der Waals surface area contributed by atoms with Crippen molar-refractivity contribution in [2.24, 2.45) is 4.99 Å². The summed E-state index contributed by atoms with van der Waals surface area (Å²) in [6.07, 6.45) is 2.65. The van der Waals surface area contributed by atoms with Gasteiger partial charge in [0.25, 0.3) is 0 Å². The lowest BCUT2D eigenvalue weighted by molar-refractivity contribution is 0.114. The van der Waals surface area contributed by atoms with Gasteiger partial charge in [0.2, 0.25) is 0 Å². The summed E-state index contributed by atoms with van der Waals surface area (Å²) in [5.74, 6) is 0.852. The van der Waals surface area contributed by atoms with Crippen LogP contribution in [-0.2, 0) is 10.2 Å². The van der Waals surface area contributed by atoms with Gasteiger partial charge >= 0.3 is 0 Å². The van der Waals surface area contributed by atoms with Crippen LogP contribution >= 0.6 is 35.3 Å². The molecule has 1 unspecified atom stereocenters. The van der Waals surface area contributed by atoms with Gasteiger partial charge in [0, 0.05) is 37.0 Å². The van der Waals surface area contributed by atoms with E-state index in [0.717, 1.165) is 32.1 Å². The van der Waals surface area contributed by atoms with Gasteiger partial charge in [-0.05, 0) is 24.3 Å². The van der Waals surface area contributed by atoms with Crippen molar-refractivity contribution in [1.29, 1.82) is 0 Å². The summed E-state index contributed by atoms with van der Waals surface area (Å²) in [6.45, 7) is 7.08. The van der Waals surface area contributed by atoms with Crippen molar-refractivity contribution in [1.82, 2.24) is 10.6 Å². The van der Waals surface area contributed by atoms with Gasteiger partial charge in [-0.2, -0.15) is 0 Å². The normalized spacial score (nSPS) is 19.2. The molecule has 0 bridgehead atoms. The van der Waals surface area contributed by atoms with Crippen LogP contribution in [0.2, 0.25) is 0 Å². The third kappa shape index (κ3) is 5.75. The molecular formula is C15H26IN3OS. The standard InChI is InChI=1S/C15H25N3OS.HI/c1-15(2,13-7-5-9-20-13)11-18-14(16-3)17-10-12-6-4-8-19-12;/h5,7,9,12H,4,6,8,10-11H2,1-3H3,(H2,16,17,18);1H. The molecule has 120 valence electrons. The Bertz CT molecular complexity index is 428. The Labute approximate surface area is 148 Å². The van der Waals surface area contributed by atoms with E-state index >= 15 is 0 Å². The van der Waals surface area contributed by atoms with Crippen LogP contribution < -0.4 is 10.6 Å². The van der Waals surface area contributed by atoms with Crippen molar-refractivity contribution in [3.8, 4) is 0 Å². The number of thiophene rings is 1. The number of hydrogen-bond donors (Lipinski definition) is 2. The third-order valence-corrected chi connectivity index (χ3v) is 4.87. The maximum Gasteiger partial charge on any atom is 0.191 e. The Morgan fingerprint density at radius 3 is 2.86 bits per heavy atom. The van der Waals surface area contributed by atoms with E-state index in [4.69, 9.17) is 4.74 Å². The second-order valence-electron chi connectivity index (χ2n) is 5.80. The predicted molar refractivity (Wildman–Crippen MR) is 101 cm³/mol. The maximum atomic E-state index is 5.61. The Kier molecular flexibility index (Phi) is 7.97. The van der Waals surface area contributed by atoms with E-state index in [0.29, 0.717) is 6.10 Å². The van der Waals surface area contributed by atoms with Crippen molar-refractivity contribution >= 4 is 41.3 Å². The monoisotopic (exact) mass is 423 g/mol. The second kappa shape index (κ2) is 8.95. The Morgan fingerprint density at radius 1 is 1.48 bits per heavy atom. The molecule has 1 atom stereocenters. The molecule has 1 aliphatic heterocycles. The first-order valence-electron chi connectivity index (χ1n) is 7.22. The van der Waals surface area contributed by atoms with Crippen LogP contribution in [0.15, 0.2) is 22.5 Å². The average Bonchev–Trinajstić information content (AvgIpc) is 3.12. The minimum absolute atomic E-state index is 0. The number of rotatable bonds is 5. The lowest BCUT2D eigenvalue weighted by Gasteiger charge is -2.25. The second-order valence-corrected chi connectivity index (χ2v) is 6.75. The van der Waals surface area contributed by atoms with E-state index in [-0.39, 0.29) is 29.4 Å². The highest BCUT2D eigenvalue weighted by atomic mass is 127. The zero-order valence-corrected chi connectivity index (χ0v) is 16.2. The fraction of sp³-hybridized carbons (Fsp3) is 0.667. The molecule has 6 heteroatoms. The number of aliphatic imine (C=N–C) groups is 1. The maximum absolute atomic E-state index is 5.61. The van der Waals surface area contributed by atoms with Gasteiger partial charge in [0.05, 0.1) is 6.10 Å². The minimum Gasteiger partial charge on any atom is -0.376 e. The number of halogens is 1. The lowest BCUT2D eigenvalue weighted by Crippen LogP contribution is -2.45. The fourth-order valence-electron chi connectivity index (χ4n) is 2.29. The van der Waals surface area contributed by atoms with E-state index in [1.54, 1.807) is 11.3 Å². The molecule has 1 saturated heterocycles. The third-order valence-electron chi connectivity index (χ3n) is 3.63. The van der Waals surface area contributed by atoms with Crippen molar-refractivity contribution in [3.05, 3.63) is 22.4 Å². The summed E-state index contributed by atoms with van der Waals surface area (Å²) in [5.41, 5.74) is 0.107. The Morgan fingerprint density at radius 2 is 2.29 bits per heavy atom. The zero-order chi connectivity index (χ0) is 14.4. The molecule has 0 spiro atoms. The molecule has 1 aromatic rings. The highest BCUT2D eigenvalue weighted by molar-refractivity contribution is 14.0.